The number of amides is 1. The molecule has 7 nitrogen and oxygen atoms in total. The molecule has 0 saturated carbocycles. The molecule has 110 valence electrons. The third kappa shape index (κ3) is 3.99. The van der Waals surface area contributed by atoms with Gasteiger partial charge in [0.2, 0.25) is 5.91 Å². The number of nitrogens with one attached hydrogen (secondary N) is 1. The summed E-state index contributed by atoms with van der Waals surface area (Å²) in [7, 11) is 0. The minimum atomic E-state index is -0.510. The van der Waals surface area contributed by atoms with Gasteiger partial charge in [0.1, 0.15) is 10.7 Å². The highest BCUT2D eigenvalue weighted by molar-refractivity contribution is 8.01. The number of anilines is 1. The van der Waals surface area contributed by atoms with Gasteiger partial charge in [-0.3, -0.25) is 14.9 Å². The van der Waals surface area contributed by atoms with Crippen molar-refractivity contribution in [2.24, 2.45) is 0 Å². The number of para-hydroxylation sites is 1. The van der Waals surface area contributed by atoms with Crippen LogP contribution in [0.3, 0.4) is 0 Å². The maximum atomic E-state index is 11.9. The van der Waals surface area contributed by atoms with E-state index >= 15 is 0 Å². The number of carbonyl (C=O) groups is 1. The Hall–Kier alpha value is -2.00. The molecule has 0 aliphatic heterocycles. The first kappa shape index (κ1) is 15.4. The first-order chi connectivity index (χ1) is 9.97. The summed E-state index contributed by atoms with van der Waals surface area (Å²) < 4.78 is 0.696. The summed E-state index contributed by atoms with van der Waals surface area (Å²) in [6.45, 7) is 3.54. The van der Waals surface area contributed by atoms with Crippen molar-refractivity contribution in [1.82, 2.24) is 10.2 Å². The standard InChI is InChI=1S/C12H12N4O3S2/c1-7-4-3-5-9(16(18)19)11(7)13-10(17)6-20-12-15-14-8(2)21-12/h3-5H,6H2,1-2H3,(H,13,17). The number of benzene rings is 1. The Bertz CT molecular complexity index is 687. The Morgan fingerprint density at radius 3 is 2.81 bits per heavy atom. The molecule has 0 saturated heterocycles. The van der Waals surface area contributed by atoms with Gasteiger partial charge in [0.05, 0.1) is 10.7 Å². The number of nitro groups is 1. The van der Waals surface area contributed by atoms with Gasteiger partial charge in [-0.15, -0.1) is 10.2 Å². The molecule has 1 N–H and O–H groups in total. The molecule has 1 aromatic heterocycles. The summed E-state index contributed by atoms with van der Waals surface area (Å²) in [5, 5.41) is 22.1. The van der Waals surface area contributed by atoms with Crippen LogP contribution in [0.2, 0.25) is 0 Å². The lowest BCUT2D eigenvalue weighted by Crippen LogP contribution is -2.16. The minimum absolute atomic E-state index is 0.111. The first-order valence-corrected chi connectivity index (χ1v) is 7.74. The van der Waals surface area contributed by atoms with Gasteiger partial charge in [-0.1, -0.05) is 35.2 Å². The summed E-state index contributed by atoms with van der Waals surface area (Å²) in [6.07, 6.45) is 0. The Morgan fingerprint density at radius 1 is 1.43 bits per heavy atom. The first-order valence-electron chi connectivity index (χ1n) is 5.94. The molecule has 0 radical (unpaired) electrons. The fourth-order valence-corrected chi connectivity index (χ4v) is 3.22. The number of hydrogen-bond acceptors (Lipinski definition) is 7. The van der Waals surface area contributed by atoms with Crippen LogP contribution in [0.1, 0.15) is 10.6 Å². The number of aryl methyl sites for hydroxylation is 2. The summed E-state index contributed by atoms with van der Waals surface area (Å²) in [6, 6.07) is 4.66. The second-order valence-corrected chi connectivity index (χ2v) is 6.55. The molecule has 9 heteroatoms. The Labute approximate surface area is 128 Å². The highest BCUT2D eigenvalue weighted by atomic mass is 32.2. The molecular weight excluding hydrogens is 312 g/mol. The van der Waals surface area contributed by atoms with E-state index in [9.17, 15) is 14.9 Å². The highest BCUT2D eigenvalue weighted by Crippen LogP contribution is 2.28. The van der Waals surface area contributed by atoms with Gasteiger partial charge in [0.25, 0.3) is 5.69 Å². The van der Waals surface area contributed by atoms with Crippen LogP contribution in [0, 0.1) is 24.0 Å². The van der Waals surface area contributed by atoms with Crippen LogP contribution >= 0.6 is 23.1 Å². The predicted octanol–water partition coefficient (Wildman–Crippen LogP) is 2.79. The van der Waals surface area contributed by atoms with Crippen LogP contribution in [-0.2, 0) is 4.79 Å². The number of carbonyl (C=O) groups excluding carboxylic acids is 1. The van der Waals surface area contributed by atoms with Crippen molar-refractivity contribution in [2.45, 2.75) is 18.2 Å². The molecule has 2 aromatic rings. The van der Waals surface area contributed by atoms with E-state index in [1.807, 2.05) is 6.92 Å². The molecule has 1 heterocycles. The molecule has 1 aromatic carbocycles. The zero-order valence-corrected chi connectivity index (χ0v) is 13.0. The van der Waals surface area contributed by atoms with Crippen molar-refractivity contribution in [3.63, 3.8) is 0 Å². The van der Waals surface area contributed by atoms with Gasteiger partial charge in [-0.05, 0) is 19.4 Å². The average Bonchev–Trinajstić information content (AvgIpc) is 2.84. The second kappa shape index (κ2) is 6.64. The molecule has 0 fully saturated rings. The van der Waals surface area contributed by atoms with Gasteiger partial charge >= 0.3 is 0 Å². The van der Waals surface area contributed by atoms with E-state index in [0.717, 1.165) is 5.01 Å². The van der Waals surface area contributed by atoms with Crippen molar-refractivity contribution in [1.29, 1.82) is 0 Å². The molecule has 0 unspecified atom stereocenters. The molecular formula is C12H12N4O3S2. The van der Waals surface area contributed by atoms with Crippen molar-refractivity contribution in [3.05, 3.63) is 38.9 Å². The van der Waals surface area contributed by atoms with Crippen LogP contribution in [0.25, 0.3) is 0 Å². The molecule has 0 atom stereocenters. The third-order valence-corrected chi connectivity index (χ3v) is 4.52. The number of rotatable bonds is 5. The number of thioether (sulfide) groups is 1. The Morgan fingerprint density at radius 2 is 2.19 bits per heavy atom. The second-order valence-electron chi connectivity index (χ2n) is 4.15. The summed E-state index contributed by atoms with van der Waals surface area (Å²) >= 11 is 2.65. The zero-order valence-electron chi connectivity index (χ0n) is 11.3. The smallest absolute Gasteiger partial charge is 0.293 e. The van der Waals surface area contributed by atoms with Crippen LogP contribution in [-0.4, -0.2) is 26.8 Å². The number of aromatic nitrogens is 2. The van der Waals surface area contributed by atoms with Gasteiger partial charge < -0.3 is 5.32 Å². The molecule has 0 aliphatic carbocycles. The van der Waals surface area contributed by atoms with Gasteiger partial charge in [0, 0.05) is 6.07 Å². The maximum Gasteiger partial charge on any atom is 0.293 e. The molecule has 0 aliphatic rings. The quantitative estimate of drug-likeness (QED) is 0.516. The number of nitro benzene ring substituents is 1. The molecule has 21 heavy (non-hydrogen) atoms. The van der Waals surface area contributed by atoms with Crippen molar-refractivity contribution in [2.75, 3.05) is 11.1 Å². The van der Waals surface area contributed by atoms with E-state index in [-0.39, 0.29) is 23.0 Å². The highest BCUT2D eigenvalue weighted by Gasteiger charge is 2.18. The largest absolute Gasteiger partial charge is 0.319 e. The fourth-order valence-electron chi connectivity index (χ4n) is 1.61. The lowest BCUT2D eigenvalue weighted by Gasteiger charge is -2.08. The normalized spacial score (nSPS) is 10.4. The molecule has 0 bridgehead atoms. The van der Waals surface area contributed by atoms with E-state index in [1.54, 1.807) is 19.1 Å². The van der Waals surface area contributed by atoms with E-state index < -0.39 is 4.92 Å². The zero-order chi connectivity index (χ0) is 15.4. The monoisotopic (exact) mass is 324 g/mol. The van der Waals surface area contributed by atoms with Crippen LogP contribution in [0.5, 0.6) is 0 Å². The van der Waals surface area contributed by atoms with Gasteiger partial charge in [-0.25, -0.2) is 0 Å². The maximum absolute atomic E-state index is 11.9. The van der Waals surface area contributed by atoms with Crippen LogP contribution in [0.4, 0.5) is 11.4 Å². The number of hydrogen-bond donors (Lipinski definition) is 1. The van der Waals surface area contributed by atoms with E-state index in [2.05, 4.69) is 15.5 Å². The van der Waals surface area contributed by atoms with E-state index in [0.29, 0.717) is 9.90 Å². The van der Waals surface area contributed by atoms with E-state index in [4.69, 9.17) is 0 Å². The van der Waals surface area contributed by atoms with Crippen molar-refractivity contribution < 1.29 is 9.72 Å². The van der Waals surface area contributed by atoms with Gasteiger partial charge in [-0.2, -0.15) is 0 Å². The fraction of sp³-hybridized carbons (Fsp3) is 0.250. The molecule has 2 rings (SSSR count). The van der Waals surface area contributed by atoms with E-state index in [1.165, 1.54) is 29.2 Å². The van der Waals surface area contributed by atoms with Crippen LogP contribution < -0.4 is 5.32 Å². The SMILES string of the molecule is Cc1nnc(SCC(=O)Nc2c(C)cccc2[N+](=O)[O-])s1. The lowest BCUT2D eigenvalue weighted by molar-refractivity contribution is -0.384. The minimum Gasteiger partial charge on any atom is -0.319 e. The predicted molar refractivity (Wildman–Crippen MR) is 81.8 cm³/mol. The van der Waals surface area contributed by atoms with Crippen LogP contribution in [0.15, 0.2) is 22.5 Å². The van der Waals surface area contributed by atoms with Crippen molar-refractivity contribution >= 4 is 40.4 Å². The summed E-state index contributed by atoms with van der Waals surface area (Å²) in [5.74, 6) is -0.189. The summed E-state index contributed by atoms with van der Waals surface area (Å²) in [5.41, 5.74) is 0.774. The molecule has 0 spiro atoms. The molecule has 1 amide bonds. The van der Waals surface area contributed by atoms with Gasteiger partial charge in [0.15, 0.2) is 4.34 Å². The Kier molecular flexibility index (Phi) is 4.86. The Balaban J connectivity index is 2.04. The topological polar surface area (TPSA) is 98.0 Å². The third-order valence-electron chi connectivity index (χ3n) is 2.55. The lowest BCUT2D eigenvalue weighted by atomic mass is 10.1. The van der Waals surface area contributed by atoms with Crippen molar-refractivity contribution in [3.8, 4) is 0 Å². The number of nitrogens with zero attached hydrogens (tertiary/aromatic N) is 3. The summed E-state index contributed by atoms with van der Waals surface area (Å²) in [4.78, 5) is 22.4. The average molecular weight is 324 g/mol.